The van der Waals surface area contributed by atoms with Crippen LogP contribution < -0.4 is 5.73 Å². The van der Waals surface area contributed by atoms with Gasteiger partial charge in [0.05, 0.1) is 6.04 Å². The smallest absolute Gasteiger partial charge is 0.410 e. The first kappa shape index (κ1) is 12.8. The van der Waals surface area contributed by atoms with Gasteiger partial charge in [0.15, 0.2) is 0 Å². The molecule has 16 heavy (non-hydrogen) atoms. The van der Waals surface area contributed by atoms with Gasteiger partial charge >= 0.3 is 6.09 Å². The zero-order chi connectivity index (χ0) is 12.3. The minimum atomic E-state index is -0.470. The second-order valence-corrected chi connectivity index (χ2v) is 4.98. The average Bonchev–Trinajstić information content (AvgIpc) is 2.62. The van der Waals surface area contributed by atoms with E-state index in [1.54, 1.807) is 11.9 Å². The molecule has 1 amide bonds. The van der Waals surface area contributed by atoms with Crippen LogP contribution in [0.4, 0.5) is 4.79 Å². The minimum absolute atomic E-state index is 0.0974. The molecule has 1 atom stereocenters. The maximum absolute atomic E-state index is 11.9. The number of amides is 1. The van der Waals surface area contributed by atoms with Crippen LogP contribution in [0.5, 0.6) is 0 Å². The van der Waals surface area contributed by atoms with Crippen molar-refractivity contribution in [2.75, 3.05) is 13.6 Å². The molecule has 1 saturated heterocycles. The third-order valence-electron chi connectivity index (χ3n) is 2.48. The minimum Gasteiger partial charge on any atom is -0.444 e. The van der Waals surface area contributed by atoms with Gasteiger partial charge in [-0.1, -0.05) is 0 Å². The van der Waals surface area contributed by atoms with E-state index in [4.69, 9.17) is 10.5 Å². The van der Waals surface area contributed by atoms with E-state index in [1.807, 2.05) is 20.8 Å². The summed E-state index contributed by atoms with van der Waals surface area (Å²) in [5.41, 5.74) is 5.30. The standard InChI is InChI=1S/C11H21N3O2/c1-11(2,3)16-10(15)14-7-5-6-8(14)9(12)13-4/h8H,5-7H2,1-4H3,(H2,12,13)/t8-/m0/s1. The first-order valence-electron chi connectivity index (χ1n) is 5.57. The molecule has 0 aromatic carbocycles. The number of aliphatic imine (C=N–C) groups is 1. The van der Waals surface area contributed by atoms with Gasteiger partial charge in [-0.15, -0.1) is 0 Å². The topological polar surface area (TPSA) is 67.9 Å². The zero-order valence-corrected chi connectivity index (χ0v) is 10.5. The molecule has 0 spiro atoms. The molecule has 0 bridgehead atoms. The average molecular weight is 227 g/mol. The van der Waals surface area contributed by atoms with Crippen molar-refractivity contribution in [3.8, 4) is 0 Å². The normalized spacial score (nSPS) is 22.4. The highest BCUT2D eigenvalue weighted by Crippen LogP contribution is 2.20. The summed E-state index contributed by atoms with van der Waals surface area (Å²) in [4.78, 5) is 17.5. The summed E-state index contributed by atoms with van der Waals surface area (Å²) in [6, 6.07) is -0.0974. The van der Waals surface area contributed by atoms with Gasteiger partial charge in [-0.05, 0) is 33.6 Å². The molecular formula is C11H21N3O2. The monoisotopic (exact) mass is 227 g/mol. The van der Waals surface area contributed by atoms with Crippen molar-refractivity contribution in [1.29, 1.82) is 0 Å². The van der Waals surface area contributed by atoms with Crippen LogP contribution in [-0.2, 0) is 4.74 Å². The Morgan fingerprint density at radius 1 is 1.50 bits per heavy atom. The molecule has 0 aromatic heterocycles. The molecule has 2 N–H and O–H groups in total. The Morgan fingerprint density at radius 3 is 2.62 bits per heavy atom. The Morgan fingerprint density at radius 2 is 2.12 bits per heavy atom. The van der Waals surface area contributed by atoms with Crippen LogP contribution in [0.25, 0.3) is 0 Å². The fourth-order valence-electron chi connectivity index (χ4n) is 1.76. The van der Waals surface area contributed by atoms with Crippen molar-refractivity contribution >= 4 is 11.9 Å². The van der Waals surface area contributed by atoms with E-state index in [1.165, 1.54) is 0 Å². The highest BCUT2D eigenvalue weighted by Gasteiger charge is 2.33. The number of ether oxygens (including phenoxy) is 1. The Hall–Kier alpha value is -1.26. The first-order valence-corrected chi connectivity index (χ1v) is 5.57. The van der Waals surface area contributed by atoms with Gasteiger partial charge in [0.1, 0.15) is 11.4 Å². The lowest BCUT2D eigenvalue weighted by Gasteiger charge is -2.28. The largest absolute Gasteiger partial charge is 0.444 e. The van der Waals surface area contributed by atoms with E-state index < -0.39 is 5.60 Å². The molecular weight excluding hydrogens is 206 g/mol. The SMILES string of the molecule is CN=C(N)[C@@H]1CCCN1C(=O)OC(C)(C)C. The van der Waals surface area contributed by atoms with E-state index in [9.17, 15) is 4.79 Å². The number of hydrogen-bond donors (Lipinski definition) is 1. The third kappa shape index (κ3) is 3.12. The molecule has 1 heterocycles. The highest BCUT2D eigenvalue weighted by atomic mass is 16.6. The van der Waals surface area contributed by atoms with Gasteiger partial charge in [0.25, 0.3) is 0 Å². The molecule has 1 rings (SSSR count). The molecule has 0 aromatic rings. The third-order valence-corrected chi connectivity index (χ3v) is 2.48. The summed E-state index contributed by atoms with van der Waals surface area (Å²) in [6.07, 6.45) is 1.50. The van der Waals surface area contributed by atoms with Crippen molar-refractivity contribution in [2.24, 2.45) is 10.7 Å². The first-order chi connectivity index (χ1) is 7.35. The number of nitrogens with two attached hydrogens (primary N) is 1. The van der Waals surface area contributed by atoms with E-state index in [-0.39, 0.29) is 12.1 Å². The van der Waals surface area contributed by atoms with Crippen LogP contribution in [0, 0.1) is 0 Å². The maximum atomic E-state index is 11.9. The fourth-order valence-corrected chi connectivity index (χ4v) is 1.76. The van der Waals surface area contributed by atoms with Crippen LogP contribution in [0.15, 0.2) is 4.99 Å². The van der Waals surface area contributed by atoms with Crippen molar-refractivity contribution in [2.45, 2.75) is 45.3 Å². The Kier molecular flexibility index (Phi) is 3.78. The van der Waals surface area contributed by atoms with Crippen LogP contribution in [0.3, 0.4) is 0 Å². The van der Waals surface area contributed by atoms with Gasteiger partial charge in [0, 0.05) is 13.6 Å². The summed E-state index contributed by atoms with van der Waals surface area (Å²) in [6.45, 7) is 6.25. The fraction of sp³-hybridized carbons (Fsp3) is 0.818. The number of rotatable bonds is 1. The lowest BCUT2D eigenvalue weighted by molar-refractivity contribution is 0.0265. The summed E-state index contributed by atoms with van der Waals surface area (Å²) < 4.78 is 5.32. The molecule has 1 aliphatic rings. The van der Waals surface area contributed by atoms with Crippen molar-refractivity contribution in [3.63, 3.8) is 0 Å². The van der Waals surface area contributed by atoms with Gasteiger partial charge in [-0.3, -0.25) is 9.89 Å². The number of likely N-dealkylation sites (tertiary alicyclic amines) is 1. The van der Waals surface area contributed by atoms with Crippen molar-refractivity contribution in [3.05, 3.63) is 0 Å². The number of amidine groups is 1. The molecule has 5 nitrogen and oxygen atoms in total. The number of hydrogen-bond acceptors (Lipinski definition) is 3. The van der Waals surface area contributed by atoms with Crippen LogP contribution in [0.2, 0.25) is 0 Å². The maximum Gasteiger partial charge on any atom is 0.410 e. The second-order valence-electron chi connectivity index (χ2n) is 4.98. The Labute approximate surface area is 96.7 Å². The molecule has 92 valence electrons. The predicted octanol–water partition coefficient (Wildman–Crippen LogP) is 1.37. The van der Waals surface area contributed by atoms with E-state index >= 15 is 0 Å². The number of nitrogens with zero attached hydrogens (tertiary/aromatic N) is 2. The summed E-state index contributed by atoms with van der Waals surface area (Å²) in [7, 11) is 1.64. The second kappa shape index (κ2) is 4.72. The lowest BCUT2D eigenvalue weighted by Crippen LogP contribution is -2.45. The number of carbonyl (C=O) groups is 1. The van der Waals surface area contributed by atoms with E-state index in [2.05, 4.69) is 4.99 Å². The van der Waals surface area contributed by atoms with Crippen LogP contribution in [0.1, 0.15) is 33.6 Å². The van der Waals surface area contributed by atoms with Crippen molar-refractivity contribution in [1.82, 2.24) is 4.90 Å². The highest BCUT2D eigenvalue weighted by molar-refractivity contribution is 5.89. The molecule has 0 radical (unpaired) electrons. The summed E-state index contributed by atoms with van der Waals surface area (Å²) >= 11 is 0. The molecule has 0 saturated carbocycles. The number of carbonyl (C=O) groups excluding carboxylic acids is 1. The zero-order valence-electron chi connectivity index (χ0n) is 10.5. The lowest BCUT2D eigenvalue weighted by atomic mass is 10.2. The van der Waals surface area contributed by atoms with Gasteiger partial charge in [-0.25, -0.2) is 4.79 Å². The van der Waals surface area contributed by atoms with Gasteiger partial charge in [-0.2, -0.15) is 0 Å². The molecule has 5 heteroatoms. The van der Waals surface area contributed by atoms with E-state index in [0.29, 0.717) is 12.4 Å². The van der Waals surface area contributed by atoms with Crippen LogP contribution >= 0.6 is 0 Å². The van der Waals surface area contributed by atoms with Crippen LogP contribution in [-0.4, -0.2) is 42.1 Å². The van der Waals surface area contributed by atoms with Gasteiger partial charge < -0.3 is 10.5 Å². The molecule has 1 aliphatic heterocycles. The molecule has 0 aliphatic carbocycles. The molecule has 1 fully saturated rings. The van der Waals surface area contributed by atoms with E-state index in [0.717, 1.165) is 12.8 Å². The predicted molar refractivity (Wildman–Crippen MR) is 63.5 cm³/mol. The Balaban J connectivity index is 2.69. The van der Waals surface area contributed by atoms with Crippen molar-refractivity contribution < 1.29 is 9.53 Å². The quantitative estimate of drug-likeness (QED) is 0.543. The van der Waals surface area contributed by atoms with Gasteiger partial charge in [0.2, 0.25) is 0 Å². The summed E-state index contributed by atoms with van der Waals surface area (Å²) in [5.74, 6) is 0.503. The Bertz CT molecular complexity index is 294. The molecule has 0 unspecified atom stereocenters. The summed E-state index contributed by atoms with van der Waals surface area (Å²) in [5, 5.41) is 0.